The molecule has 0 saturated carbocycles. The van der Waals surface area contributed by atoms with E-state index in [0.717, 1.165) is 28.9 Å². The van der Waals surface area contributed by atoms with Crippen LogP contribution in [-0.4, -0.2) is 34.1 Å². The molecule has 3 aromatic rings. The van der Waals surface area contributed by atoms with Crippen molar-refractivity contribution in [3.8, 4) is 0 Å². The number of alkyl halides is 2. The lowest BCUT2D eigenvalue weighted by atomic mass is 10.2. The summed E-state index contributed by atoms with van der Waals surface area (Å²) in [5.74, 6) is -4.48. The van der Waals surface area contributed by atoms with Gasteiger partial charge in [-0.05, 0) is 18.2 Å². The first-order valence-corrected chi connectivity index (χ1v) is 11.0. The minimum Gasteiger partial charge on any atom is -0.618 e. The molecule has 3 heterocycles. The highest BCUT2D eigenvalue weighted by molar-refractivity contribution is 7.94. The Balaban J connectivity index is 1.68. The van der Waals surface area contributed by atoms with Crippen molar-refractivity contribution in [1.82, 2.24) is 19.9 Å². The largest absolute Gasteiger partial charge is 0.618 e. The molecule has 3 aromatic heterocycles. The average molecular weight is 529 g/mol. The number of rotatable bonds is 11. The van der Waals surface area contributed by atoms with Crippen LogP contribution in [0.25, 0.3) is 0 Å². The van der Waals surface area contributed by atoms with Crippen molar-refractivity contribution in [2.45, 2.75) is 23.9 Å². The maximum atomic E-state index is 14.4. The summed E-state index contributed by atoms with van der Waals surface area (Å²) in [4.78, 5) is 37.4. The van der Waals surface area contributed by atoms with E-state index in [2.05, 4.69) is 25.5 Å². The molecule has 0 aliphatic heterocycles. The highest BCUT2D eigenvalue weighted by Crippen LogP contribution is 2.26. The molecule has 186 valence electrons. The minimum atomic E-state index is -3.39. The van der Waals surface area contributed by atoms with Gasteiger partial charge in [-0.1, -0.05) is 17.7 Å². The van der Waals surface area contributed by atoms with Crippen LogP contribution in [0.15, 0.2) is 58.6 Å². The third-order valence-corrected chi connectivity index (χ3v) is 5.55. The second-order valence-electron chi connectivity index (χ2n) is 6.83. The first kappa shape index (κ1) is 26.3. The molecule has 0 aromatic carbocycles. The van der Waals surface area contributed by atoms with Gasteiger partial charge < -0.3 is 15.8 Å². The van der Waals surface area contributed by atoms with Crippen LogP contribution in [0.4, 0.5) is 14.6 Å². The number of carbonyl (C=O) groups excluding carboxylic acids is 1. The fraction of sp³-hybridized carbons (Fsp3) is 0.250. The topological polar surface area (TPSA) is 134 Å². The second kappa shape index (κ2) is 11.9. The molecule has 35 heavy (non-hydrogen) atoms. The number of hydrogen-bond donors (Lipinski definition) is 2. The van der Waals surface area contributed by atoms with Crippen molar-refractivity contribution in [2.75, 3.05) is 19.0 Å². The zero-order valence-electron chi connectivity index (χ0n) is 18.1. The van der Waals surface area contributed by atoms with Crippen molar-refractivity contribution in [2.24, 2.45) is 0 Å². The lowest BCUT2D eigenvalue weighted by Crippen LogP contribution is -2.39. The van der Waals surface area contributed by atoms with Crippen molar-refractivity contribution in [3.63, 3.8) is 0 Å². The van der Waals surface area contributed by atoms with Gasteiger partial charge in [0.1, 0.15) is 28.8 Å². The molecule has 0 saturated heterocycles. The summed E-state index contributed by atoms with van der Waals surface area (Å²) < 4.78 is 34.9. The van der Waals surface area contributed by atoms with Crippen LogP contribution in [-0.2, 0) is 33.0 Å². The van der Waals surface area contributed by atoms with Gasteiger partial charge in [-0.15, -0.1) is 0 Å². The van der Waals surface area contributed by atoms with E-state index < -0.39 is 42.0 Å². The number of hydrogen-bond acceptors (Lipinski definition) is 9. The summed E-state index contributed by atoms with van der Waals surface area (Å²) in [6.07, 6.45) is 3.52. The Morgan fingerprint density at radius 2 is 2.11 bits per heavy atom. The Bertz CT molecular complexity index is 1230. The van der Waals surface area contributed by atoms with Gasteiger partial charge in [-0.2, -0.15) is 17.8 Å². The summed E-state index contributed by atoms with van der Waals surface area (Å²) in [5.41, 5.74) is -1.20. The van der Waals surface area contributed by atoms with E-state index in [-0.39, 0.29) is 17.4 Å². The quantitative estimate of drug-likeness (QED) is 0.126. The van der Waals surface area contributed by atoms with Gasteiger partial charge in [-0.25, -0.2) is 9.87 Å². The fourth-order valence-electron chi connectivity index (χ4n) is 2.80. The molecule has 11 nitrogen and oxygen atoms in total. The van der Waals surface area contributed by atoms with E-state index in [0.29, 0.717) is 9.63 Å². The maximum absolute atomic E-state index is 14.4. The predicted molar refractivity (Wildman–Crippen MR) is 121 cm³/mol. The van der Waals surface area contributed by atoms with Gasteiger partial charge in [0.2, 0.25) is 11.6 Å². The summed E-state index contributed by atoms with van der Waals surface area (Å²) in [6, 6.07) is 7.14. The van der Waals surface area contributed by atoms with Crippen molar-refractivity contribution in [3.05, 3.63) is 81.0 Å². The van der Waals surface area contributed by atoms with E-state index in [1.807, 2.05) is 0 Å². The van der Waals surface area contributed by atoms with Gasteiger partial charge in [-0.3, -0.25) is 19.1 Å². The molecular formula is C20H19ClF2N6O5S. The summed E-state index contributed by atoms with van der Waals surface area (Å²) in [6.45, 7) is -1.70. The van der Waals surface area contributed by atoms with Gasteiger partial charge in [0.15, 0.2) is 12.0 Å². The maximum Gasteiger partial charge on any atom is 0.306 e. The van der Waals surface area contributed by atoms with Gasteiger partial charge in [0, 0.05) is 12.3 Å². The lowest BCUT2D eigenvalue weighted by Gasteiger charge is -2.17. The molecule has 0 bridgehead atoms. The van der Waals surface area contributed by atoms with Crippen LogP contribution in [0.3, 0.4) is 0 Å². The van der Waals surface area contributed by atoms with Crippen LogP contribution in [0.2, 0.25) is 5.15 Å². The predicted octanol–water partition coefficient (Wildman–Crippen LogP) is 2.03. The third kappa shape index (κ3) is 6.85. The molecule has 0 atom stereocenters. The molecule has 1 amide bonds. The van der Waals surface area contributed by atoms with E-state index in [1.165, 1.54) is 37.7 Å². The second-order valence-corrected chi connectivity index (χ2v) is 7.96. The van der Waals surface area contributed by atoms with Crippen molar-refractivity contribution < 1.29 is 27.5 Å². The number of amides is 1. The molecule has 0 aliphatic rings. The number of anilines is 1. The highest BCUT2D eigenvalue weighted by atomic mass is 35.5. The number of carbonyl (C=O) groups is 1. The Labute approximate surface area is 206 Å². The Hall–Kier alpha value is -3.33. The molecule has 2 N–H and O–H groups in total. The molecule has 0 radical (unpaired) electrons. The van der Waals surface area contributed by atoms with E-state index in [1.54, 1.807) is 6.07 Å². The van der Waals surface area contributed by atoms with E-state index in [9.17, 15) is 23.6 Å². The first-order chi connectivity index (χ1) is 16.7. The van der Waals surface area contributed by atoms with E-state index in [4.69, 9.17) is 15.9 Å². The number of nitrogens with one attached hydrogen (secondary N) is 2. The summed E-state index contributed by atoms with van der Waals surface area (Å²) in [5, 5.41) is 16.7. The molecule has 0 unspecified atom stereocenters. The molecular weight excluding hydrogens is 510 g/mol. The average Bonchev–Trinajstić information content (AvgIpc) is 2.84. The SMILES string of the molecule is COOSc1ccc[n+]([O-])c1CNC(=O)Cn1c(Cl)cnc(NCC(F)(F)c2ccccn2)c1=O. The molecule has 0 aliphatic carbocycles. The molecule has 0 spiro atoms. The van der Waals surface area contributed by atoms with Crippen LogP contribution in [0, 0.1) is 5.21 Å². The molecule has 15 heteroatoms. The van der Waals surface area contributed by atoms with E-state index >= 15 is 0 Å². The number of halogens is 3. The smallest absolute Gasteiger partial charge is 0.306 e. The molecule has 3 rings (SSSR count). The van der Waals surface area contributed by atoms with Crippen molar-refractivity contribution >= 4 is 35.4 Å². The van der Waals surface area contributed by atoms with Gasteiger partial charge in [0.25, 0.3) is 5.56 Å². The zero-order valence-corrected chi connectivity index (χ0v) is 19.7. The normalized spacial score (nSPS) is 11.3. The monoisotopic (exact) mass is 528 g/mol. The van der Waals surface area contributed by atoms with Crippen LogP contribution < -0.4 is 20.9 Å². The van der Waals surface area contributed by atoms with Crippen LogP contribution in [0.5, 0.6) is 0 Å². The van der Waals surface area contributed by atoms with Gasteiger partial charge in [0.05, 0.1) is 31.9 Å². The number of pyridine rings is 2. The highest BCUT2D eigenvalue weighted by Gasteiger charge is 2.33. The summed E-state index contributed by atoms with van der Waals surface area (Å²) in [7, 11) is 1.29. The molecule has 0 fully saturated rings. The fourth-order valence-corrected chi connectivity index (χ4v) is 3.52. The van der Waals surface area contributed by atoms with Crippen LogP contribution in [0.1, 0.15) is 11.4 Å². The zero-order chi connectivity index (χ0) is 25.4. The first-order valence-electron chi connectivity index (χ1n) is 9.86. The Kier molecular flexibility index (Phi) is 8.92. The lowest BCUT2D eigenvalue weighted by molar-refractivity contribution is -0.616. The Morgan fingerprint density at radius 1 is 1.31 bits per heavy atom. The number of aromatic nitrogens is 4. The summed E-state index contributed by atoms with van der Waals surface area (Å²) >= 11 is 6.78. The van der Waals surface area contributed by atoms with Crippen molar-refractivity contribution in [1.29, 1.82) is 0 Å². The standard InChI is InChI=1S/C20H19ClF2N6O5S/c1-33-34-35-14-5-4-8-29(32)13(14)9-25-17(30)11-28-16(21)10-26-18(19(28)31)27-12-20(22,23)15-6-2-3-7-24-15/h2-8,10H,9,11-12H2,1H3,(H,25,30)(H,26,27). The van der Waals surface area contributed by atoms with Crippen LogP contribution >= 0.6 is 23.6 Å². The number of nitrogens with zero attached hydrogens (tertiary/aromatic N) is 4. The minimum absolute atomic E-state index is 0.162. The third-order valence-electron chi connectivity index (χ3n) is 4.49. The van der Waals surface area contributed by atoms with Gasteiger partial charge >= 0.3 is 5.92 Å². The Morgan fingerprint density at radius 3 is 2.83 bits per heavy atom.